The minimum Gasteiger partial charge on any atom is -0.480 e. The number of carbonyl (C=O) groups is 2. The maximum Gasteiger partial charge on any atom is 0.326 e. The molecule has 2 rings (SSSR count). The molecule has 1 aliphatic rings. The van der Waals surface area contributed by atoms with E-state index in [0.29, 0.717) is 13.2 Å². The van der Waals surface area contributed by atoms with Crippen molar-refractivity contribution in [1.29, 1.82) is 0 Å². The van der Waals surface area contributed by atoms with Crippen molar-refractivity contribution in [3.05, 3.63) is 35.4 Å². The molecule has 5 nitrogen and oxygen atoms in total. The lowest BCUT2D eigenvalue weighted by atomic mass is 9.92. The molecule has 0 spiro atoms. The standard InChI is InChI=1S/C19H27NO4/c1-3-14-6-8-15(9-7-14)13(2)11-17(21)20-18(19(22)23)16-5-4-10-24-12-16/h6-9,13,16,18H,3-5,10-12H2,1-2H3,(H,20,21)(H,22,23). The van der Waals surface area contributed by atoms with E-state index in [1.165, 1.54) is 5.56 Å². The normalized spacial score (nSPS) is 20.2. The van der Waals surface area contributed by atoms with Crippen molar-refractivity contribution in [3.8, 4) is 0 Å². The Balaban J connectivity index is 1.92. The van der Waals surface area contributed by atoms with Crippen LogP contribution in [-0.2, 0) is 20.7 Å². The third-order valence-electron chi connectivity index (χ3n) is 4.70. The second kappa shape index (κ2) is 8.83. The lowest BCUT2D eigenvalue weighted by Crippen LogP contribution is -2.48. The van der Waals surface area contributed by atoms with Crippen molar-refractivity contribution in [1.82, 2.24) is 5.32 Å². The topological polar surface area (TPSA) is 75.6 Å². The summed E-state index contributed by atoms with van der Waals surface area (Å²) in [6.07, 6.45) is 2.87. The Labute approximate surface area is 143 Å². The van der Waals surface area contributed by atoms with Crippen LogP contribution in [0.25, 0.3) is 0 Å². The summed E-state index contributed by atoms with van der Waals surface area (Å²) in [5.41, 5.74) is 2.36. The summed E-state index contributed by atoms with van der Waals surface area (Å²) in [6, 6.07) is 7.36. The number of carboxylic acids is 1. The first-order chi connectivity index (χ1) is 11.5. The average Bonchev–Trinajstić information content (AvgIpc) is 2.60. The Bertz CT molecular complexity index is 549. The number of rotatable bonds is 7. The van der Waals surface area contributed by atoms with Gasteiger partial charge in [-0.05, 0) is 36.3 Å². The first-order valence-electron chi connectivity index (χ1n) is 8.70. The summed E-state index contributed by atoms with van der Waals surface area (Å²) in [4.78, 5) is 23.8. The average molecular weight is 333 g/mol. The molecule has 0 aliphatic carbocycles. The van der Waals surface area contributed by atoms with Crippen LogP contribution in [0.3, 0.4) is 0 Å². The lowest BCUT2D eigenvalue weighted by molar-refractivity contribution is -0.145. The van der Waals surface area contributed by atoms with E-state index in [1.54, 1.807) is 0 Å². The molecule has 0 saturated carbocycles. The highest BCUT2D eigenvalue weighted by atomic mass is 16.5. The van der Waals surface area contributed by atoms with Crippen molar-refractivity contribution in [3.63, 3.8) is 0 Å². The van der Waals surface area contributed by atoms with Gasteiger partial charge in [0.15, 0.2) is 0 Å². The van der Waals surface area contributed by atoms with Gasteiger partial charge in [-0.3, -0.25) is 4.79 Å². The van der Waals surface area contributed by atoms with Crippen LogP contribution >= 0.6 is 0 Å². The molecule has 0 radical (unpaired) electrons. The van der Waals surface area contributed by atoms with Gasteiger partial charge < -0.3 is 15.2 Å². The van der Waals surface area contributed by atoms with Crippen LogP contribution < -0.4 is 5.32 Å². The Morgan fingerprint density at radius 2 is 2.04 bits per heavy atom. The van der Waals surface area contributed by atoms with Crippen molar-refractivity contribution in [2.45, 2.75) is 51.5 Å². The minimum atomic E-state index is -0.987. The van der Waals surface area contributed by atoms with Gasteiger partial charge in [-0.1, -0.05) is 38.1 Å². The third-order valence-corrected chi connectivity index (χ3v) is 4.70. The summed E-state index contributed by atoms with van der Waals surface area (Å²) in [5.74, 6) is -1.31. The van der Waals surface area contributed by atoms with Crippen molar-refractivity contribution in [2.75, 3.05) is 13.2 Å². The van der Waals surface area contributed by atoms with Gasteiger partial charge in [0.25, 0.3) is 0 Å². The fourth-order valence-corrected chi connectivity index (χ4v) is 3.12. The summed E-state index contributed by atoms with van der Waals surface area (Å²) in [5, 5.41) is 12.1. The summed E-state index contributed by atoms with van der Waals surface area (Å²) >= 11 is 0. The van der Waals surface area contributed by atoms with E-state index >= 15 is 0 Å². The first-order valence-corrected chi connectivity index (χ1v) is 8.70. The van der Waals surface area contributed by atoms with Crippen molar-refractivity contribution >= 4 is 11.9 Å². The van der Waals surface area contributed by atoms with E-state index in [9.17, 15) is 14.7 Å². The Morgan fingerprint density at radius 1 is 1.33 bits per heavy atom. The number of aliphatic carboxylic acids is 1. The molecule has 0 aromatic heterocycles. The molecule has 0 bridgehead atoms. The number of amides is 1. The second-order valence-corrected chi connectivity index (χ2v) is 6.56. The Morgan fingerprint density at radius 3 is 2.58 bits per heavy atom. The maximum absolute atomic E-state index is 12.3. The largest absolute Gasteiger partial charge is 0.480 e. The maximum atomic E-state index is 12.3. The van der Waals surface area contributed by atoms with Gasteiger partial charge in [0, 0.05) is 18.9 Å². The number of ether oxygens (including phenoxy) is 1. The fraction of sp³-hybridized carbons (Fsp3) is 0.579. The predicted octanol–water partition coefficient (Wildman–Crippen LogP) is 2.74. The highest BCUT2D eigenvalue weighted by Gasteiger charge is 2.31. The number of benzene rings is 1. The predicted molar refractivity (Wildman–Crippen MR) is 92.0 cm³/mol. The number of carbonyl (C=O) groups excluding carboxylic acids is 1. The van der Waals surface area contributed by atoms with Gasteiger partial charge in [0.05, 0.1) is 6.61 Å². The molecule has 1 fully saturated rings. The number of aryl methyl sites for hydroxylation is 1. The number of hydrogen-bond donors (Lipinski definition) is 2. The lowest BCUT2D eigenvalue weighted by Gasteiger charge is -2.28. The zero-order valence-corrected chi connectivity index (χ0v) is 14.5. The molecule has 1 aromatic carbocycles. The van der Waals surface area contributed by atoms with Crippen LogP contribution in [0.15, 0.2) is 24.3 Å². The van der Waals surface area contributed by atoms with Gasteiger partial charge in [0.2, 0.25) is 5.91 Å². The molecule has 1 heterocycles. The molecule has 132 valence electrons. The van der Waals surface area contributed by atoms with E-state index in [1.807, 2.05) is 19.1 Å². The molecular formula is C19H27NO4. The summed E-state index contributed by atoms with van der Waals surface area (Å²) in [6.45, 7) is 5.15. The van der Waals surface area contributed by atoms with Crippen molar-refractivity contribution < 1.29 is 19.4 Å². The van der Waals surface area contributed by atoms with Crippen LogP contribution in [0.5, 0.6) is 0 Å². The highest BCUT2D eigenvalue weighted by molar-refractivity contribution is 5.84. The van der Waals surface area contributed by atoms with E-state index in [4.69, 9.17) is 4.74 Å². The second-order valence-electron chi connectivity index (χ2n) is 6.56. The Hall–Kier alpha value is -1.88. The van der Waals surface area contributed by atoms with Crippen LogP contribution in [0.4, 0.5) is 0 Å². The summed E-state index contributed by atoms with van der Waals surface area (Å²) < 4.78 is 5.35. The van der Waals surface area contributed by atoms with Crippen LogP contribution in [0, 0.1) is 5.92 Å². The molecule has 3 atom stereocenters. The SMILES string of the molecule is CCc1ccc(C(C)CC(=O)NC(C(=O)O)C2CCCOC2)cc1. The highest BCUT2D eigenvalue weighted by Crippen LogP contribution is 2.21. The molecule has 2 N–H and O–H groups in total. The van der Waals surface area contributed by atoms with E-state index in [-0.39, 0.29) is 24.2 Å². The number of nitrogens with one attached hydrogen (secondary N) is 1. The summed E-state index contributed by atoms with van der Waals surface area (Å²) in [7, 11) is 0. The van der Waals surface area contributed by atoms with Crippen molar-refractivity contribution in [2.24, 2.45) is 5.92 Å². The van der Waals surface area contributed by atoms with E-state index in [2.05, 4.69) is 24.4 Å². The molecule has 3 unspecified atom stereocenters. The fourth-order valence-electron chi connectivity index (χ4n) is 3.12. The zero-order chi connectivity index (χ0) is 17.5. The molecule has 24 heavy (non-hydrogen) atoms. The van der Waals surface area contributed by atoms with Gasteiger partial charge >= 0.3 is 5.97 Å². The Kier molecular flexibility index (Phi) is 6.79. The minimum absolute atomic E-state index is 0.0490. The van der Waals surface area contributed by atoms with Crippen LogP contribution in [0.2, 0.25) is 0 Å². The van der Waals surface area contributed by atoms with Gasteiger partial charge in [-0.25, -0.2) is 4.79 Å². The smallest absolute Gasteiger partial charge is 0.326 e. The zero-order valence-electron chi connectivity index (χ0n) is 14.5. The van der Waals surface area contributed by atoms with E-state index < -0.39 is 12.0 Å². The van der Waals surface area contributed by atoms with Gasteiger partial charge in [-0.2, -0.15) is 0 Å². The van der Waals surface area contributed by atoms with Crippen LogP contribution in [0.1, 0.15) is 50.2 Å². The number of carboxylic acid groups (broad SMARTS) is 1. The molecular weight excluding hydrogens is 306 g/mol. The number of hydrogen-bond acceptors (Lipinski definition) is 3. The van der Waals surface area contributed by atoms with Gasteiger partial charge in [0.1, 0.15) is 6.04 Å². The first kappa shape index (κ1) is 18.5. The monoisotopic (exact) mass is 333 g/mol. The molecule has 1 saturated heterocycles. The van der Waals surface area contributed by atoms with Gasteiger partial charge in [-0.15, -0.1) is 0 Å². The molecule has 1 aliphatic heterocycles. The molecule has 1 aromatic rings. The molecule has 1 amide bonds. The van der Waals surface area contributed by atoms with Crippen LogP contribution in [-0.4, -0.2) is 36.2 Å². The quantitative estimate of drug-likeness (QED) is 0.804. The molecule has 5 heteroatoms. The van der Waals surface area contributed by atoms with E-state index in [0.717, 1.165) is 24.8 Å². The third kappa shape index (κ3) is 5.06.